The lowest BCUT2D eigenvalue weighted by molar-refractivity contribution is -0.000420. The molecule has 3 aliphatic heterocycles. The minimum atomic E-state index is -0.249. The number of amides is 1. The van der Waals surface area contributed by atoms with Gasteiger partial charge in [0.15, 0.2) is 0 Å². The first-order chi connectivity index (χ1) is 12.7. The van der Waals surface area contributed by atoms with Gasteiger partial charge in [-0.1, -0.05) is 30.3 Å². The highest BCUT2D eigenvalue weighted by Crippen LogP contribution is 2.33. The molecular weight excluding hydrogens is 328 g/mol. The van der Waals surface area contributed by atoms with E-state index in [2.05, 4.69) is 17.0 Å². The van der Waals surface area contributed by atoms with Gasteiger partial charge in [0.2, 0.25) is 0 Å². The number of ether oxygens (including phenoxy) is 2. The summed E-state index contributed by atoms with van der Waals surface area (Å²) in [5.74, 6) is 0.740. The topological polar surface area (TPSA) is 42.0 Å². The summed E-state index contributed by atoms with van der Waals surface area (Å²) in [5.41, 5.74) is 1.02. The number of piperidine rings is 1. The molecule has 3 saturated heterocycles. The second-order valence-electron chi connectivity index (χ2n) is 8.07. The molecule has 0 radical (unpaired) electrons. The van der Waals surface area contributed by atoms with Crippen LogP contribution >= 0.6 is 0 Å². The van der Waals surface area contributed by atoms with E-state index in [1.165, 1.54) is 18.4 Å². The lowest BCUT2D eigenvalue weighted by Gasteiger charge is -2.37. The van der Waals surface area contributed by atoms with E-state index >= 15 is 0 Å². The molecule has 5 nitrogen and oxygen atoms in total. The van der Waals surface area contributed by atoms with Gasteiger partial charge in [-0.15, -0.1) is 0 Å². The van der Waals surface area contributed by atoms with Crippen LogP contribution in [0.1, 0.15) is 31.2 Å². The molecule has 1 amide bonds. The van der Waals surface area contributed by atoms with Crippen LogP contribution in [0.25, 0.3) is 0 Å². The maximum Gasteiger partial charge on any atom is 0.410 e. The third-order valence-corrected chi connectivity index (χ3v) is 6.20. The smallest absolute Gasteiger partial charge is 0.410 e. The summed E-state index contributed by atoms with van der Waals surface area (Å²) in [4.78, 5) is 16.8. The molecule has 0 bridgehead atoms. The van der Waals surface area contributed by atoms with Crippen molar-refractivity contribution in [2.24, 2.45) is 5.92 Å². The highest BCUT2D eigenvalue weighted by atomic mass is 16.6. The van der Waals surface area contributed by atoms with Gasteiger partial charge in [0.25, 0.3) is 0 Å². The van der Waals surface area contributed by atoms with Gasteiger partial charge in [0, 0.05) is 45.7 Å². The largest absolute Gasteiger partial charge is 0.441 e. The van der Waals surface area contributed by atoms with Gasteiger partial charge in [0.1, 0.15) is 5.60 Å². The van der Waals surface area contributed by atoms with Crippen molar-refractivity contribution in [3.05, 3.63) is 35.9 Å². The Bertz CT molecular complexity index is 593. The van der Waals surface area contributed by atoms with E-state index in [0.29, 0.717) is 0 Å². The van der Waals surface area contributed by atoms with Crippen LogP contribution in [0.15, 0.2) is 30.3 Å². The predicted molar refractivity (Wildman–Crippen MR) is 100 cm³/mol. The Labute approximate surface area is 156 Å². The molecule has 5 heteroatoms. The van der Waals surface area contributed by atoms with Crippen molar-refractivity contribution in [3.8, 4) is 0 Å². The Balaban J connectivity index is 1.23. The summed E-state index contributed by atoms with van der Waals surface area (Å²) in [7, 11) is 0. The minimum absolute atomic E-state index is 0.127. The van der Waals surface area contributed by atoms with Crippen molar-refractivity contribution in [3.63, 3.8) is 0 Å². The maximum atomic E-state index is 12.3. The molecular formula is C21H30N2O3. The van der Waals surface area contributed by atoms with E-state index in [9.17, 15) is 4.79 Å². The predicted octanol–water partition coefficient (Wildman–Crippen LogP) is 2.94. The number of benzene rings is 1. The van der Waals surface area contributed by atoms with Crippen LogP contribution in [0.2, 0.25) is 0 Å². The number of carbonyl (C=O) groups excluding carboxylic acids is 1. The van der Waals surface area contributed by atoms with Crippen LogP contribution in [-0.4, -0.2) is 67.4 Å². The van der Waals surface area contributed by atoms with E-state index in [4.69, 9.17) is 9.47 Å². The molecule has 1 aromatic rings. The zero-order valence-electron chi connectivity index (χ0n) is 15.6. The molecule has 26 heavy (non-hydrogen) atoms. The van der Waals surface area contributed by atoms with Gasteiger partial charge < -0.3 is 19.3 Å². The molecule has 3 fully saturated rings. The molecule has 1 aromatic carbocycles. The quantitative estimate of drug-likeness (QED) is 0.784. The summed E-state index contributed by atoms with van der Waals surface area (Å²) in [6, 6.07) is 10.4. The van der Waals surface area contributed by atoms with Gasteiger partial charge in [-0.25, -0.2) is 4.79 Å². The molecule has 0 unspecified atom stereocenters. The van der Waals surface area contributed by atoms with Crippen molar-refractivity contribution in [2.45, 2.75) is 37.7 Å². The Hall–Kier alpha value is -1.59. The van der Waals surface area contributed by atoms with E-state index in [1.807, 2.05) is 23.1 Å². The highest BCUT2D eigenvalue weighted by Gasteiger charge is 2.46. The van der Waals surface area contributed by atoms with Crippen molar-refractivity contribution in [1.82, 2.24) is 9.80 Å². The first-order valence-corrected chi connectivity index (χ1v) is 10.0. The van der Waals surface area contributed by atoms with E-state index < -0.39 is 0 Å². The molecule has 0 N–H and O–H groups in total. The average molecular weight is 358 g/mol. The number of carbonyl (C=O) groups is 1. The lowest BCUT2D eigenvalue weighted by Crippen LogP contribution is -2.47. The lowest BCUT2D eigenvalue weighted by atomic mass is 9.91. The van der Waals surface area contributed by atoms with Crippen LogP contribution in [0, 0.1) is 5.92 Å². The molecule has 4 rings (SSSR count). The van der Waals surface area contributed by atoms with Crippen molar-refractivity contribution in [1.29, 1.82) is 0 Å². The second kappa shape index (κ2) is 7.97. The minimum Gasteiger partial charge on any atom is -0.441 e. The van der Waals surface area contributed by atoms with Gasteiger partial charge >= 0.3 is 6.09 Å². The average Bonchev–Trinajstić information content (AvgIpc) is 3.29. The van der Waals surface area contributed by atoms with E-state index in [-0.39, 0.29) is 11.7 Å². The van der Waals surface area contributed by atoms with Gasteiger partial charge in [-0.3, -0.25) is 0 Å². The zero-order chi connectivity index (χ0) is 17.8. The summed E-state index contributed by atoms with van der Waals surface area (Å²) >= 11 is 0. The molecule has 3 heterocycles. The normalized spacial score (nSPS) is 25.8. The number of rotatable bonds is 6. The summed E-state index contributed by atoms with van der Waals surface area (Å²) in [6.45, 7) is 6.59. The Kier molecular flexibility index (Phi) is 5.46. The fourth-order valence-electron chi connectivity index (χ4n) is 4.39. The Morgan fingerprint density at radius 1 is 1.12 bits per heavy atom. The van der Waals surface area contributed by atoms with E-state index in [1.54, 1.807) is 0 Å². The fraction of sp³-hybridized carbons (Fsp3) is 0.667. The molecule has 0 aromatic heterocycles. The van der Waals surface area contributed by atoms with Crippen molar-refractivity contribution < 1.29 is 14.3 Å². The molecule has 1 spiro atoms. The third-order valence-electron chi connectivity index (χ3n) is 6.20. The zero-order valence-corrected chi connectivity index (χ0v) is 15.6. The third kappa shape index (κ3) is 4.21. The SMILES string of the molecule is O=C1OC2(CCN(CC[C@@H]3CCOC3)CC2)CN1CCc1ccccc1. The molecule has 142 valence electrons. The van der Waals surface area contributed by atoms with Crippen molar-refractivity contribution >= 4 is 6.09 Å². The first kappa shape index (κ1) is 17.8. The number of hydrogen-bond acceptors (Lipinski definition) is 4. The molecule has 0 saturated carbocycles. The van der Waals surface area contributed by atoms with Gasteiger partial charge in [0.05, 0.1) is 6.54 Å². The Morgan fingerprint density at radius 2 is 1.92 bits per heavy atom. The van der Waals surface area contributed by atoms with Crippen molar-refractivity contribution in [2.75, 3.05) is 45.9 Å². The summed E-state index contributed by atoms with van der Waals surface area (Å²) < 4.78 is 11.3. The Morgan fingerprint density at radius 3 is 2.65 bits per heavy atom. The summed E-state index contributed by atoms with van der Waals surface area (Å²) in [6.07, 6.45) is 5.13. The number of nitrogens with zero attached hydrogens (tertiary/aromatic N) is 2. The monoisotopic (exact) mass is 358 g/mol. The number of hydrogen-bond donors (Lipinski definition) is 0. The van der Waals surface area contributed by atoms with Crippen LogP contribution in [0.4, 0.5) is 4.79 Å². The summed E-state index contributed by atoms with van der Waals surface area (Å²) in [5, 5.41) is 0. The fourth-order valence-corrected chi connectivity index (χ4v) is 4.39. The highest BCUT2D eigenvalue weighted by molar-refractivity contribution is 5.70. The molecule has 1 atom stereocenters. The number of likely N-dealkylation sites (tertiary alicyclic amines) is 1. The molecule has 0 aliphatic carbocycles. The van der Waals surface area contributed by atoms with Crippen LogP contribution in [0.3, 0.4) is 0 Å². The van der Waals surface area contributed by atoms with Crippen LogP contribution in [0.5, 0.6) is 0 Å². The second-order valence-corrected chi connectivity index (χ2v) is 8.07. The first-order valence-electron chi connectivity index (χ1n) is 10.0. The standard InChI is InChI=1S/C21H30N2O3/c24-20-23(12-7-18-4-2-1-3-5-18)17-21(26-20)9-13-22(14-10-21)11-6-19-8-15-25-16-19/h1-5,19H,6-17H2/t19-/m1/s1. The van der Waals surface area contributed by atoms with Gasteiger partial charge in [-0.05, 0) is 37.3 Å². The van der Waals surface area contributed by atoms with E-state index in [0.717, 1.165) is 71.1 Å². The van der Waals surface area contributed by atoms with Crippen LogP contribution < -0.4 is 0 Å². The van der Waals surface area contributed by atoms with Crippen LogP contribution in [-0.2, 0) is 15.9 Å². The molecule has 3 aliphatic rings. The maximum absolute atomic E-state index is 12.3. The van der Waals surface area contributed by atoms with Gasteiger partial charge in [-0.2, -0.15) is 0 Å².